The van der Waals surface area contributed by atoms with Crippen molar-refractivity contribution in [3.05, 3.63) is 0 Å². The van der Waals surface area contributed by atoms with Gasteiger partial charge in [-0.3, -0.25) is 0 Å². The monoisotopic (exact) mass is 209 g/mol. The topological polar surface area (TPSA) is 12.0 Å². The van der Waals surface area contributed by atoms with Crippen molar-refractivity contribution in [2.75, 3.05) is 6.54 Å². The third-order valence-corrected chi connectivity index (χ3v) is 4.98. The zero-order valence-electron chi connectivity index (χ0n) is 10.7. The van der Waals surface area contributed by atoms with Crippen molar-refractivity contribution in [2.24, 2.45) is 17.3 Å². The summed E-state index contributed by atoms with van der Waals surface area (Å²) in [5.74, 6) is 1.88. The van der Waals surface area contributed by atoms with Crippen LogP contribution in [0.1, 0.15) is 59.3 Å². The summed E-state index contributed by atoms with van der Waals surface area (Å²) in [5, 5.41) is 3.83. The van der Waals surface area contributed by atoms with E-state index in [0.717, 1.165) is 17.9 Å². The minimum Gasteiger partial charge on any atom is -0.313 e. The van der Waals surface area contributed by atoms with Gasteiger partial charge in [-0.1, -0.05) is 27.2 Å². The van der Waals surface area contributed by atoms with Gasteiger partial charge in [0.15, 0.2) is 0 Å². The van der Waals surface area contributed by atoms with Crippen molar-refractivity contribution in [3.63, 3.8) is 0 Å². The van der Waals surface area contributed by atoms with Crippen LogP contribution in [0.3, 0.4) is 0 Å². The van der Waals surface area contributed by atoms with Gasteiger partial charge in [-0.25, -0.2) is 0 Å². The van der Waals surface area contributed by atoms with Gasteiger partial charge in [0.2, 0.25) is 0 Å². The first-order valence-corrected chi connectivity index (χ1v) is 6.89. The molecular formula is C14H27N. The molecule has 15 heavy (non-hydrogen) atoms. The molecule has 0 bridgehead atoms. The van der Waals surface area contributed by atoms with Crippen molar-refractivity contribution >= 4 is 0 Å². The smallest absolute Gasteiger partial charge is 0.00700 e. The quantitative estimate of drug-likeness (QED) is 0.729. The first-order chi connectivity index (χ1) is 7.16. The van der Waals surface area contributed by atoms with Crippen LogP contribution in [-0.2, 0) is 0 Å². The molecule has 2 rings (SSSR count). The summed E-state index contributed by atoms with van der Waals surface area (Å²) in [5.41, 5.74) is 0.685. The highest BCUT2D eigenvalue weighted by Gasteiger charge is 2.45. The van der Waals surface area contributed by atoms with Crippen molar-refractivity contribution in [2.45, 2.75) is 65.3 Å². The van der Waals surface area contributed by atoms with Crippen LogP contribution in [0, 0.1) is 17.3 Å². The van der Waals surface area contributed by atoms with E-state index in [0.29, 0.717) is 5.41 Å². The van der Waals surface area contributed by atoms with Gasteiger partial charge in [0.05, 0.1) is 0 Å². The SMILES string of the molecule is CCC1CCC(NCC2(C(C)C)CC2)C1. The second-order valence-corrected chi connectivity index (χ2v) is 6.18. The Morgan fingerprint density at radius 1 is 1.27 bits per heavy atom. The summed E-state index contributed by atoms with van der Waals surface area (Å²) >= 11 is 0. The second-order valence-electron chi connectivity index (χ2n) is 6.18. The van der Waals surface area contributed by atoms with Crippen LogP contribution in [0.5, 0.6) is 0 Å². The fraction of sp³-hybridized carbons (Fsp3) is 1.00. The predicted octanol–water partition coefficient (Wildman–Crippen LogP) is 3.59. The molecule has 1 nitrogen and oxygen atoms in total. The van der Waals surface area contributed by atoms with Crippen molar-refractivity contribution in [1.82, 2.24) is 5.32 Å². The van der Waals surface area contributed by atoms with E-state index in [1.165, 1.54) is 45.1 Å². The maximum Gasteiger partial charge on any atom is 0.00700 e. The highest BCUT2D eigenvalue weighted by atomic mass is 14.9. The van der Waals surface area contributed by atoms with Gasteiger partial charge < -0.3 is 5.32 Å². The third-order valence-electron chi connectivity index (χ3n) is 4.98. The minimum atomic E-state index is 0.685. The van der Waals surface area contributed by atoms with Gasteiger partial charge in [-0.15, -0.1) is 0 Å². The van der Waals surface area contributed by atoms with Crippen molar-refractivity contribution in [1.29, 1.82) is 0 Å². The van der Waals surface area contributed by atoms with Crippen LogP contribution < -0.4 is 5.32 Å². The summed E-state index contributed by atoms with van der Waals surface area (Å²) < 4.78 is 0. The van der Waals surface area contributed by atoms with Crippen LogP contribution in [0.15, 0.2) is 0 Å². The molecule has 0 amide bonds. The Morgan fingerprint density at radius 2 is 2.00 bits per heavy atom. The summed E-state index contributed by atoms with van der Waals surface area (Å²) in [6, 6.07) is 0.839. The summed E-state index contributed by atoms with van der Waals surface area (Å²) in [6.45, 7) is 8.39. The standard InChI is InChI=1S/C14H27N/c1-4-12-5-6-13(9-12)15-10-14(7-8-14)11(2)3/h11-13,15H,4-10H2,1-3H3. The average Bonchev–Trinajstić information content (AvgIpc) is 2.88. The third kappa shape index (κ3) is 2.55. The lowest BCUT2D eigenvalue weighted by molar-refractivity contribution is 0.317. The zero-order valence-corrected chi connectivity index (χ0v) is 10.7. The van der Waals surface area contributed by atoms with Crippen molar-refractivity contribution in [3.8, 4) is 0 Å². The van der Waals surface area contributed by atoms with E-state index >= 15 is 0 Å². The van der Waals surface area contributed by atoms with Gasteiger partial charge in [0, 0.05) is 12.6 Å². The van der Waals surface area contributed by atoms with Gasteiger partial charge in [-0.2, -0.15) is 0 Å². The maximum atomic E-state index is 3.83. The van der Waals surface area contributed by atoms with Gasteiger partial charge in [0.25, 0.3) is 0 Å². The highest BCUT2D eigenvalue weighted by Crippen LogP contribution is 2.51. The number of hydrogen-bond acceptors (Lipinski definition) is 1. The normalized spacial score (nSPS) is 33.6. The molecule has 2 atom stereocenters. The van der Waals surface area contributed by atoms with Crippen LogP contribution >= 0.6 is 0 Å². The second kappa shape index (κ2) is 4.45. The molecule has 1 N–H and O–H groups in total. The molecule has 0 saturated heterocycles. The number of nitrogens with one attached hydrogen (secondary N) is 1. The lowest BCUT2D eigenvalue weighted by atomic mass is 9.92. The molecule has 2 fully saturated rings. The molecule has 0 aromatic rings. The van der Waals surface area contributed by atoms with E-state index in [1.54, 1.807) is 0 Å². The highest BCUT2D eigenvalue weighted by molar-refractivity contribution is 4.98. The molecule has 0 radical (unpaired) electrons. The van der Waals surface area contributed by atoms with Crippen LogP contribution in [0.4, 0.5) is 0 Å². The summed E-state index contributed by atoms with van der Waals surface area (Å²) in [4.78, 5) is 0. The molecule has 0 aliphatic heterocycles. The first kappa shape index (κ1) is 11.4. The van der Waals surface area contributed by atoms with Crippen LogP contribution in [0.2, 0.25) is 0 Å². The molecular weight excluding hydrogens is 182 g/mol. The van der Waals surface area contributed by atoms with E-state index in [2.05, 4.69) is 26.1 Å². The molecule has 2 saturated carbocycles. The summed E-state index contributed by atoms with van der Waals surface area (Å²) in [7, 11) is 0. The molecule has 2 aliphatic rings. The Bertz CT molecular complexity index is 205. The predicted molar refractivity (Wildman–Crippen MR) is 65.9 cm³/mol. The molecule has 0 spiro atoms. The van der Waals surface area contributed by atoms with E-state index < -0.39 is 0 Å². The van der Waals surface area contributed by atoms with E-state index in [9.17, 15) is 0 Å². The Hall–Kier alpha value is -0.0400. The average molecular weight is 209 g/mol. The lowest BCUT2D eigenvalue weighted by Gasteiger charge is -2.23. The minimum absolute atomic E-state index is 0.685. The molecule has 1 heteroatoms. The maximum absolute atomic E-state index is 3.83. The fourth-order valence-electron chi connectivity index (χ4n) is 3.10. The molecule has 2 unspecified atom stereocenters. The summed E-state index contributed by atoms with van der Waals surface area (Å²) in [6.07, 6.45) is 8.62. The van der Waals surface area contributed by atoms with E-state index in [4.69, 9.17) is 0 Å². The Kier molecular flexibility index (Phi) is 3.39. The van der Waals surface area contributed by atoms with E-state index in [-0.39, 0.29) is 0 Å². The molecule has 88 valence electrons. The molecule has 2 aliphatic carbocycles. The molecule has 0 heterocycles. The van der Waals surface area contributed by atoms with Crippen LogP contribution in [-0.4, -0.2) is 12.6 Å². The largest absolute Gasteiger partial charge is 0.313 e. The van der Waals surface area contributed by atoms with Gasteiger partial charge in [0.1, 0.15) is 0 Å². The van der Waals surface area contributed by atoms with Gasteiger partial charge >= 0.3 is 0 Å². The molecule has 0 aromatic carbocycles. The van der Waals surface area contributed by atoms with Crippen LogP contribution in [0.25, 0.3) is 0 Å². The Labute approximate surface area is 95.0 Å². The van der Waals surface area contributed by atoms with Gasteiger partial charge in [-0.05, 0) is 49.4 Å². The first-order valence-electron chi connectivity index (χ1n) is 6.89. The van der Waals surface area contributed by atoms with Crippen molar-refractivity contribution < 1.29 is 0 Å². The zero-order chi connectivity index (χ0) is 10.9. The Balaban J connectivity index is 1.71. The number of rotatable bonds is 5. The molecule has 0 aromatic heterocycles. The Morgan fingerprint density at radius 3 is 2.47 bits per heavy atom. The lowest BCUT2D eigenvalue weighted by Crippen LogP contribution is -2.34. The fourth-order valence-corrected chi connectivity index (χ4v) is 3.10. The van der Waals surface area contributed by atoms with E-state index in [1.807, 2.05) is 0 Å². The number of hydrogen-bond donors (Lipinski definition) is 1.